The van der Waals surface area contributed by atoms with Gasteiger partial charge in [-0.05, 0) is 36.4 Å². The molecule has 1 aromatic heterocycles. The minimum Gasteiger partial charge on any atom is -0.484 e. The number of hydrogen-bond acceptors (Lipinski definition) is 5. The lowest BCUT2D eigenvalue weighted by molar-refractivity contribution is 0.1000. The quantitative estimate of drug-likeness (QED) is 0.741. The van der Waals surface area contributed by atoms with Crippen molar-refractivity contribution in [2.24, 2.45) is 5.73 Å². The molecule has 0 saturated carbocycles. The first-order valence-corrected chi connectivity index (χ1v) is 7.52. The Bertz CT molecular complexity index is 831. The van der Waals surface area contributed by atoms with Gasteiger partial charge in [-0.1, -0.05) is 33.2 Å². The van der Waals surface area contributed by atoms with Crippen molar-refractivity contribution in [3.63, 3.8) is 0 Å². The van der Waals surface area contributed by atoms with Crippen LogP contribution >= 0.6 is 15.9 Å². The molecule has 23 heavy (non-hydrogen) atoms. The maximum atomic E-state index is 11.0. The molecule has 6 nitrogen and oxygen atoms in total. The van der Waals surface area contributed by atoms with Gasteiger partial charge >= 0.3 is 0 Å². The van der Waals surface area contributed by atoms with Crippen molar-refractivity contribution >= 4 is 21.8 Å². The van der Waals surface area contributed by atoms with E-state index in [-0.39, 0.29) is 6.61 Å². The van der Waals surface area contributed by atoms with Gasteiger partial charge in [0.05, 0.1) is 0 Å². The van der Waals surface area contributed by atoms with Crippen molar-refractivity contribution in [2.45, 2.75) is 6.61 Å². The maximum Gasteiger partial charge on any atom is 0.264 e. The molecule has 1 amide bonds. The summed E-state index contributed by atoms with van der Waals surface area (Å²) in [5, 5.41) is 3.93. The molecular formula is C16H12BrN3O3. The predicted molar refractivity (Wildman–Crippen MR) is 86.7 cm³/mol. The topological polar surface area (TPSA) is 91.2 Å². The molecule has 0 aliphatic heterocycles. The zero-order valence-corrected chi connectivity index (χ0v) is 13.5. The summed E-state index contributed by atoms with van der Waals surface area (Å²) in [6.07, 6.45) is 0. The number of benzene rings is 2. The van der Waals surface area contributed by atoms with Gasteiger partial charge in [0.1, 0.15) is 5.75 Å². The van der Waals surface area contributed by atoms with Gasteiger partial charge in [-0.2, -0.15) is 4.98 Å². The summed E-state index contributed by atoms with van der Waals surface area (Å²) in [6.45, 7) is 0.136. The van der Waals surface area contributed by atoms with Gasteiger partial charge in [0, 0.05) is 15.6 Å². The molecule has 2 N–H and O–H groups in total. The van der Waals surface area contributed by atoms with Crippen molar-refractivity contribution in [3.8, 4) is 17.1 Å². The van der Waals surface area contributed by atoms with Crippen molar-refractivity contribution in [1.82, 2.24) is 10.1 Å². The summed E-state index contributed by atoms with van der Waals surface area (Å²) in [7, 11) is 0. The van der Waals surface area contributed by atoms with Gasteiger partial charge in [-0.15, -0.1) is 0 Å². The van der Waals surface area contributed by atoms with Gasteiger partial charge < -0.3 is 15.0 Å². The Labute approximate surface area is 140 Å². The van der Waals surface area contributed by atoms with Gasteiger partial charge in [-0.3, -0.25) is 4.79 Å². The lowest BCUT2D eigenvalue weighted by Gasteiger charge is -2.03. The molecule has 3 aromatic rings. The first-order valence-electron chi connectivity index (χ1n) is 6.73. The molecule has 2 aromatic carbocycles. The van der Waals surface area contributed by atoms with E-state index in [0.717, 1.165) is 10.0 Å². The smallest absolute Gasteiger partial charge is 0.264 e. The second-order valence-corrected chi connectivity index (χ2v) is 5.62. The third-order valence-electron chi connectivity index (χ3n) is 3.05. The Balaban J connectivity index is 1.66. The van der Waals surface area contributed by atoms with E-state index in [9.17, 15) is 4.79 Å². The molecule has 0 aliphatic rings. The van der Waals surface area contributed by atoms with Crippen LogP contribution in [0.3, 0.4) is 0 Å². The largest absolute Gasteiger partial charge is 0.484 e. The summed E-state index contributed by atoms with van der Waals surface area (Å²) in [4.78, 5) is 15.3. The number of primary amides is 1. The number of nitrogens with zero attached hydrogens (tertiary/aromatic N) is 2. The fourth-order valence-electron chi connectivity index (χ4n) is 1.92. The van der Waals surface area contributed by atoms with E-state index in [1.165, 1.54) is 0 Å². The standard InChI is InChI=1S/C16H12BrN3O3/c17-12-3-1-2-11(8-12)16-19-14(23-20-16)9-22-13-6-4-10(5-7-13)15(18)21/h1-8H,9H2,(H2,18,21). The van der Waals surface area contributed by atoms with E-state index in [0.29, 0.717) is 23.0 Å². The molecule has 0 radical (unpaired) electrons. The molecule has 0 unspecified atom stereocenters. The highest BCUT2D eigenvalue weighted by Crippen LogP contribution is 2.21. The second kappa shape index (κ2) is 6.62. The zero-order chi connectivity index (χ0) is 16.2. The lowest BCUT2D eigenvalue weighted by Crippen LogP contribution is -2.10. The summed E-state index contributed by atoms with van der Waals surface area (Å²) in [5.74, 6) is 0.956. The Hall–Kier alpha value is -2.67. The predicted octanol–water partition coefficient (Wildman–Crippen LogP) is 3.18. The van der Waals surface area contributed by atoms with E-state index in [4.69, 9.17) is 15.0 Å². The number of ether oxygens (including phenoxy) is 1. The Morgan fingerprint density at radius 3 is 2.70 bits per heavy atom. The van der Waals surface area contributed by atoms with Crippen LogP contribution in [0.25, 0.3) is 11.4 Å². The van der Waals surface area contributed by atoms with Crippen molar-refractivity contribution in [3.05, 3.63) is 64.5 Å². The number of carbonyl (C=O) groups is 1. The monoisotopic (exact) mass is 373 g/mol. The SMILES string of the molecule is NC(=O)c1ccc(OCc2nc(-c3cccc(Br)c3)no2)cc1. The molecule has 7 heteroatoms. The highest BCUT2D eigenvalue weighted by molar-refractivity contribution is 9.10. The number of halogens is 1. The molecule has 1 heterocycles. The molecular weight excluding hydrogens is 362 g/mol. The molecule has 0 aliphatic carbocycles. The highest BCUT2D eigenvalue weighted by Gasteiger charge is 2.09. The Morgan fingerprint density at radius 1 is 1.22 bits per heavy atom. The summed E-state index contributed by atoms with van der Waals surface area (Å²) in [6, 6.07) is 14.1. The third-order valence-corrected chi connectivity index (χ3v) is 3.55. The first kappa shape index (κ1) is 15.2. The molecule has 0 atom stereocenters. The fraction of sp³-hybridized carbons (Fsp3) is 0.0625. The van der Waals surface area contributed by atoms with Crippen LogP contribution in [0.5, 0.6) is 5.75 Å². The fourth-order valence-corrected chi connectivity index (χ4v) is 2.32. The molecule has 116 valence electrons. The number of rotatable bonds is 5. The van der Waals surface area contributed by atoms with Crippen LogP contribution in [0.4, 0.5) is 0 Å². The summed E-state index contributed by atoms with van der Waals surface area (Å²) < 4.78 is 11.6. The van der Waals surface area contributed by atoms with Crippen molar-refractivity contribution in [1.29, 1.82) is 0 Å². The number of amides is 1. The molecule has 0 bridgehead atoms. The van der Waals surface area contributed by atoms with E-state index in [1.807, 2.05) is 24.3 Å². The Morgan fingerprint density at radius 2 is 2.00 bits per heavy atom. The molecule has 0 saturated heterocycles. The first-order chi connectivity index (χ1) is 11.1. The molecule has 0 spiro atoms. The van der Waals surface area contributed by atoms with Crippen LogP contribution in [0.15, 0.2) is 57.5 Å². The number of hydrogen-bond donors (Lipinski definition) is 1. The van der Waals surface area contributed by atoms with Crippen LogP contribution in [-0.4, -0.2) is 16.0 Å². The van der Waals surface area contributed by atoms with E-state index in [1.54, 1.807) is 24.3 Å². The number of aromatic nitrogens is 2. The van der Waals surface area contributed by atoms with Crippen LogP contribution in [0.2, 0.25) is 0 Å². The minimum atomic E-state index is -0.480. The van der Waals surface area contributed by atoms with Gasteiger partial charge in [-0.25, -0.2) is 0 Å². The van der Waals surface area contributed by atoms with Crippen LogP contribution in [-0.2, 0) is 6.61 Å². The van der Waals surface area contributed by atoms with E-state index in [2.05, 4.69) is 26.1 Å². The van der Waals surface area contributed by atoms with Crippen LogP contribution < -0.4 is 10.5 Å². The minimum absolute atomic E-state index is 0.136. The van der Waals surface area contributed by atoms with Gasteiger partial charge in [0.15, 0.2) is 6.61 Å². The number of carbonyl (C=O) groups excluding carboxylic acids is 1. The van der Waals surface area contributed by atoms with Gasteiger partial charge in [0.2, 0.25) is 11.7 Å². The van der Waals surface area contributed by atoms with Crippen LogP contribution in [0.1, 0.15) is 16.2 Å². The summed E-state index contributed by atoms with van der Waals surface area (Å²) >= 11 is 3.40. The maximum absolute atomic E-state index is 11.0. The van der Waals surface area contributed by atoms with Crippen molar-refractivity contribution < 1.29 is 14.1 Å². The van der Waals surface area contributed by atoms with Gasteiger partial charge in [0.25, 0.3) is 5.89 Å². The van der Waals surface area contributed by atoms with Crippen molar-refractivity contribution in [2.75, 3.05) is 0 Å². The summed E-state index contributed by atoms with van der Waals surface area (Å²) in [5.41, 5.74) is 6.45. The second-order valence-electron chi connectivity index (χ2n) is 4.70. The third kappa shape index (κ3) is 3.75. The zero-order valence-electron chi connectivity index (χ0n) is 11.9. The average Bonchev–Trinajstić information content (AvgIpc) is 3.02. The Kier molecular flexibility index (Phi) is 4.38. The molecule has 3 rings (SSSR count). The lowest BCUT2D eigenvalue weighted by atomic mass is 10.2. The van der Waals surface area contributed by atoms with Crippen LogP contribution in [0, 0.1) is 0 Å². The van der Waals surface area contributed by atoms with E-state index >= 15 is 0 Å². The number of nitrogens with two attached hydrogens (primary N) is 1. The molecule has 0 fully saturated rings. The highest BCUT2D eigenvalue weighted by atomic mass is 79.9. The normalized spacial score (nSPS) is 10.5. The van der Waals surface area contributed by atoms with E-state index < -0.39 is 5.91 Å². The average molecular weight is 374 g/mol.